The average Bonchev–Trinajstić information content (AvgIpc) is 2.87. The van der Waals surface area contributed by atoms with Crippen LogP contribution >= 0.6 is 0 Å². The Bertz CT molecular complexity index is 1760. The first-order valence-corrected chi connectivity index (χ1v) is 10.9. The molecule has 5 aromatic carbocycles. The number of hydrogen-bond acceptors (Lipinski definition) is 7. The molecular weight excluding hydrogens is 442 g/mol. The van der Waals surface area contributed by atoms with Gasteiger partial charge in [-0.1, -0.05) is 60.7 Å². The number of phenolic OH excluding ortho intramolecular Hbond substituents is 3. The average molecular weight is 461 g/mol. The zero-order valence-corrected chi connectivity index (χ0v) is 18.6. The molecule has 0 radical (unpaired) electrons. The van der Waals surface area contributed by atoms with E-state index in [9.17, 15) is 15.3 Å². The van der Waals surface area contributed by atoms with Crippen molar-refractivity contribution in [3.8, 4) is 46.0 Å². The van der Waals surface area contributed by atoms with Gasteiger partial charge in [0.05, 0.1) is 7.11 Å². The summed E-state index contributed by atoms with van der Waals surface area (Å²) in [4.78, 5) is 13.4. The van der Waals surface area contributed by atoms with Crippen molar-refractivity contribution in [1.29, 1.82) is 0 Å². The van der Waals surface area contributed by atoms with Crippen LogP contribution in [0, 0.1) is 0 Å². The zero-order chi connectivity index (χ0) is 24.1. The first kappa shape index (κ1) is 20.7. The Balaban J connectivity index is 1.70. The lowest BCUT2D eigenvalue weighted by atomic mass is 9.93. The van der Waals surface area contributed by atoms with Gasteiger partial charge in [-0.2, -0.15) is 9.97 Å². The van der Waals surface area contributed by atoms with Crippen LogP contribution in [0.2, 0.25) is 0 Å². The third-order valence-corrected chi connectivity index (χ3v) is 6.11. The summed E-state index contributed by atoms with van der Waals surface area (Å²) in [6.45, 7) is 0. The monoisotopic (exact) mass is 461 g/mol. The molecule has 6 rings (SSSR count). The summed E-state index contributed by atoms with van der Waals surface area (Å²) in [6.07, 6.45) is 0. The van der Waals surface area contributed by atoms with E-state index in [-0.39, 0.29) is 34.6 Å². The van der Waals surface area contributed by atoms with Gasteiger partial charge in [-0.05, 0) is 38.4 Å². The molecule has 3 N–H and O–H groups in total. The predicted molar refractivity (Wildman–Crippen MR) is 135 cm³/mol. The molecule has 0 aliphatic rings. The molecule has 0 saturated heterocycles. The maximum Gasteiger partial charge on any atom is 0.320 e. The molecule has 0 spiro atoms. The number of benzene rings is 5. The van der Waals surface area contributed by atoms with Gasteiger partial charge in [0, 0.05) is 17.7 Å². The lowest BCUT2D eigenvalue weighted by Gasteiger charge is -2.14. The van der Waals surface area contributed by atoms with E-state index in [1.807, 2.05) is 30.3 Å². The van der Waals surface area contributed by atoms with Crippen LogP contribution in [0.1, 0.15) is 0 Å². The van der Waals surface area contributed by atoms with Gasteiger partial charge in [0.15, 0.2) is 11.6 Å². The van der Waals surface area contributed by atoms with E-state index in [2.05, 4.69) is 51.4 Å². The van der Waals surface area contributed by atoms with Crippen molar-refractivity contribution in [3.05, 3.63) is 78.9 Å². The maximum absolute atomic E-state index is 10.4. The molecule has 35 heavy (non-hydrogen) atoms. The zero-order valence-electron chi connectivity index (χ0n) is 18.6. The summed E-state index contributed by atoms with van der Waals surface area (Å²) in [6, 6.07) is 24.7. The molecule has 1 aromatic heterocycles. The number of ether oxygens (including phenoxy) is 1. The number of hydrogen-bond donors (Lipinski definition) is 3. The van der Waals surface area contributed by atoms with Crippen molar-refractivity contribution in [1.82, 2.24) is 15.0 Å². The van der Waals surface area contributed by atoms with Gasteiger partial charge in [-0.25, -0.2) is 4.98 Å². The normalized spacial score (nSPS) is 11.3. The van der Waals surface area contributed by atoms with Crippen LogP contribution in [0.4, 0.5) is 0 Å². The van der Waals surface area contributed by atoms with Crippen molar-refractivity contribution in [2.45, 2.75) is 0 Å². The summed E-state index contributed by atoms with van der Waals surface area (Å²) in [5.74, 6) is -0.668. The Morgan fingerprint density at radius 1 is 0.600 bits per heavy atom. The summed E-state index contributed by atoms with van der Waals surface area (Å²) in [5.41, 5.74) is 0.726. The molecule has 0 amide bonds. The molecule has 170 valence electrons. The Morgan fingerprint density at radius 2 is 1.23 bits per heavy atom. The second-order valence-corrected chi connectivity index (χ2v) is 8.18. The molecule has 0 fully saturated rings. The molecule has 0 unspecified atom stereocenters. The highest BCUT2D eigenvalue weighted by atomic mass is 16.5. The quantitative estimate of drug-likeness (QED) is 0.286. The highest BCUT2D eigenvalue weighted by Crippen LogP contribution is 2.41. The van der Waals surface area contributed by atoms with E-state index in [4.69, 9.17) is 4.74 Å². The predicted octanol–water partition coefficient (Wildman–Crippen LogP) is 5.79. The molecule has 7 heteroatoms. The van der Waals surface area contributed by atoms with Gasteiger partial charge < -0.3 is 20.1 Å². The number of aromatic nitrogens is 3. The number of phenols is 3. The maximum atomic E-state index is 10.4. The van der Waals surface area contributed by atoms with Crippen LogP contribution in [-0.4, -0.2) is 37.4 Å². The molecule has 6 aromatic rings. The third kappa shape index (κ3) is 3.33. The van der Waals surface area contributed by atoms with Crippen molar-refractivity contribution in [2.75, 3.05) is 7.11 Å². The molecule has 7 nitrogen and oxygen atoms in total. The SMILES string of the molecule is COc1nc(-c2c(O)cc(O)cc2O)nc(-c2cc3c4ccccc4ccc3c3ccccc23)n1. The van der Waals surface area contributed by atoms with Crippen LogP contribution < -0.4 is 4.74 Å². The van der Waals surface area contributed by atoms with Crippen LogP contribution in [0.15, 0.2) is 78.9 Å². The minimum absolute atomic E-state index is 0.0175. The first-order valence-electron chi connectivity index (χ1n) is 10.9. The van der Waals surface area contributed by atoms with Gasteiger partial charge in [-0.15, -0.1) is 0 Å². The fraction of sp³-hybridized carbons (Fsp3) is 0.0357. The van der Waals surface area contributed by atoms with Gasteiger partial charge in [-0.3, -0.25) is 0 Å². The fourth-order valence-corrected chi connectivity index (χ4v) is 4.55. The number of methoxy groups -OCH3 is 1. The highest BCUT2D eigenvalue weighted by Gasteiger charge is 2.20. The topological polar surface area (TPSA) is 109 Å². The summed E-state index contributed by atoms with van der Waals surface area (Å²) < 4.78 is 5.34. The summed E-state index contributed by atoms with van der Waals surface area (Å²) >= 11 is 0. The lowest BCUT2D eigenvalue weighted by Crippen LogP contribution is -2.01. The smallest absolute Gasteiger partial charge is 0.320 e. The van der Waals surface area contributed by atoms with Gasteiger partial charge in [0.25, 0.3) is 0 Å². The van der Waals surface area contributed by atoms with E-state index < -0.39 is 0 Å². The second kappa shape index (κ2) is 7.85. The van der Waals surface area contributed by atoms with E-state index in [1.165, 1.54) is 7.11 Å². The van der Waals surface area contributed by atoms with Gasteiger partial charge in [0.1, 0.15) is 22.8 Å². The Morgan fingerprint density at radius 3 is 1.97 bits per heavy atom. The van der Waals surface area contributed by atoms with Crippen LogP contribution in [0.3, 0.4) is 0 Å². The van der Waals surface area contributed by atoms with E-state index in [1.54, 1.807) is 0 Å². The second-order valence-electron chi connectivity index (χ2n) is 8.18. The van der Waals surface area contributed by atoms with Crippen LogP contribution in [0.5, 0.6) is 23.3 Å². The first-order chi connectivity index (χ1) is 17.0. The molecule has 0 atom stereocenters. The molecule has 0 bridgehead atoms. The molecule has 0 saturated carbocycles. The van der Waals surface area contributed by atoms with E-state index >= 15 is 0 Å². The summed E-state index contributed by atoms with van der Waals surface area (Å²) in [5, 5.41) is 36.9. The minimum Gasteiger partial charge on any atom is -0.508 e. The lowest BCUT2D eigenvalue weighted by molar-refractivity contribution is 0.379. The number of nitrogens with zero attached hydrogens (tertiary/aromatic N) is 3. The van der Waals surface area contributed by atoms with Crippen molar-refractivity contribution in [2.24, 2.45) is 0 Å². The van der Waals surface area contributed by atoms with Gasteiger partial charge >= 0.3 is 6.01 Å². The largest absolute Gasteiger partial charge is 0.508 e. The fourth-order valence-electron chi connectivity index (χ4n) is 4.55. The van der Waals surface area contributed by atoms with E-state index in [0.29, 0.717) is 5.82 Å². The van der Waals surface area contributed by atoms with Crippen LogP contribution in [-0.2, 0) is 0 Å². The third-order valence-electron chi connectivity index (χ3n) is 6.11. The Kier molecular flexibility index (Phi) is 4.64. The Hall–Kier alpha value is -4.91. The summed E-state index contributed by atoms with van der Waals surface area (Å²) in [7, 11) is 1.44. The van der Waals surface area contributed by atoms with Crippen LogP contribution in [0.25, 0.3) is 55.1 Å². The van der Waals surface area contributed by atoms with Crippen molar-refractivity contribution >= 4 is 32.3 Å². The standard InChI is InChI=1S/C28H19N3O4/c1-35-28-30-26(29-27(31-28)25-23(33)12-16(32)13-24(25)34)22-14-21-17-7-3-2-6-15(17)10-11-20(21)18-8-4-5-9-19(18)22/h2-14,32-34H,1H3. The van der Waals surface area contributed by atoms with E-state index in [0.717, 1.165) is 50.0 Å². The number of aromatic hydroxyl groups is 3. The molecular formula is C28H19N3O4. The number of fused-ring (bicyclic) bond motifs is 5. The molecule has 1 heterocycles. The Labute approximate surface area is 199 Å². The van der Waals surface area contributed by atoms with Crippen molar-refractivity contribution < 1.29 is 20.1 Å². The van der Waals surface area contributed by atoms with Crippen molar-refractivity contribution in [3.63, 3.8) is 0 Å². The number of rotatable bonds is 3. The molecule has 0 aliphatic heterocycles. The van der Waals surface area contributed by atoms with Gasteiger partial charge in [0.2, 0.25) is 0 Å². The highest BCUT2D eigenvalue weighted by molar-refractivity contribution is 6.20. The minimum atomic E-state index is -0.365. The molecule has 0 aliphatic carbocycles.